The first-order valence-electron chi connectivity index (χ1n) is 18.5. The number of carbonyl (C=O) groups is 2. The Morgan fingerprint density at radius 3 is 2.62 bits per heavy atom. The zero-order chi connectivity index (χ0) is 37.2. The normalized spacial score (nSPS) is 24.2. The number of aryl methyl sites for hydroxylation is 1. The zero-order valence-electron chi connectivity index (χ0n) is 31.3. The van der Waals surface area contributed by atoms with Crippen molar-refractivity contribution < 1.29 is 23.5 Å². The number of benzene rings is 2. The zero-order valence-corrected chi connectivity index (χ0v) is 32.3. The van der Waals surface area contributed by atoms with Crippen molar-refractivity contribution in [3.8, 4) is 0 Å². The molecule has 2 N–H and O–H groups in total. The summed E-state index contributed by atoms with van der Waals surface area (Å²) in [6, 6.07) is 15.5. The largest absolute Gasteiger partial charge is 0.395 e. The molecule has 4 heterocycles. The number of hydrogen-bond acceptors (Lipinski definition) is 7. The Morgan fingerprint density at radius 2 is 1.92 bits per heavy atom. The highest BCUT2D eigenvalue weighted by atomic mass is 28.4. The minimum atomic E-state index is -3.40. The van der Waals surface area contributed by atoms with Gasteiger partial charge in [-0.3, -0.25) is 14.3 Å². The lowest BCUT2D eigenvalue weighted by atomic mass is 9.82. The van der Waals surface area contributed by atoms with Crippen LogP contribution in [0.1, 0.15) is 69.7 Å². The van der Waals surface area contributed by atoms with Crippen molar-refractivity contribution in [1.82, 2.24) is 20.3 Å². The van der Waals surface area contributed by atoms with Gasteiger partial charge in [0.15, 0.2) is 5.60 Å². The molecule has 0 aliphatic carbocycles. The molecule has 6 rings (SSSR count). The van der Waals surface area contributed by atoms with Gasteiger partial charge in [0, 0.05) is 55.1 Å². The van der Waals surface area contributed by atoms with E-state index < -0.39 is 31.6 Å². The van der Waals surface area contributed by atoms with Crippen LogP contribution in [0.4, 0.5) is 15.5 Å². The lowest BCUT2D eigenvalue weighted by Crippen LogP contribution is -2.48. The summed E-state index contributed by atoms with van der Waals surface area (Å²) >= 11 is 0. The monoisotopic (exact) mass is 728 g/mol. The van der Waals surface area contributed by atoms with E-state index in [9.17, 15) is 14.7 Å². The van der Waals surface area contributed by atoms with E-state index in [1.54, 1.807) is 27.6 Å². The van der Waals surface area contributed by atoms with Gasteiger partial charge in [0.05, 0.1) is 36.6 Å². The van der Waals surface area contributed by atoms with Crippen molar-refractivity contribution in [3.05, 3.63) is 94.8 Å². The Hall–Kier alpha value is -3.97. The minimum Gasteiger partial charge on any atom is -0.395 e. The first kappa shape index (κ1) is 37.8. The number of aromatic nitrogens is 3. The van der Waals surface area contributed by atoms with Gasteiger partial charge in [-0.2, -0.15) is 0 Å². The van der Waals surface area contributed by atoms with E-state index in [0.29, 0.717) is 49.5 Å². The molecular formula is C40H53FN6O4Si. The molecule has 3 aliphatic heterocycles. The van der Waals surface area contributed by atoms with Crippen molar-refractivity contribution in [2.24, 2.45) is 5.92 Å². The molecule has 3 aromatic rings. The van der Waals surface area contributed by atoms with Gasteiger partial charge >= 0.3 is 0 Å². The van der Waals surface area contributed by atoms with Crippen LogP contribution >= 0.6 is 0 Å². The second-order valence-corrected chi connectivity index (χ2v) is 19.1. The van der Waals surface area contributed by atoms with Gasteiger partial charge in [0.2, 0.25) is 14.3 Å². The van der Waals surface area contributed by atoms with Crippen molar-refractivity contribution in [2.75, 3.05) is 42.6 Å². The summed E-state index contributed by atoms with van der Waals surface area (Å²) in [6.07, 6.45) is 7.84. The van der Waals surface area contributed by atoms with E-state index in [2.05, 4.69) is 48.6 Å². The predicted molar refractivity (Wildman–Crippen MR) is 205 cm³/mol. The third-order valence-electron chi connectivity index (χ3n) is 11.0. The van der Waals surface area contributed by atoms with Crippen LogP contribution in [-0.2, 0) is 26.5 Å². The Balaban J connectivity index is 1.32. The molecule has 5 atom stereocenters. The summed E-state index contributed by atoms with van der Waals surface area (Å²) in [5.41, 5.74) is 4.34. The highest BCUT2D eigenvalue weighted by Crippen LogP contribution is 2.60. The number of ether oxygens (including phenoxy) is 1. The molecule has 2 fully saturated rings. The summed E-state index contributed by atoms with van der Waals surface area (Å²) in [4.78, 5) is 31.4. The molecule has 278 valence electrons. The fraction of sp³-hybridized carbons (Fsp3) is 0.500. The topological polar surface area (TPSA) is 113 Å². The molecule has 0 saturated carbocycles. The van der Waals surface area contributed by atoms with Crippen LogP contribution in [0.3, 0.4) is 0 Å². The lowest BCUT2D eigenvalue weighted by Gasteiger charge is -2.32. The van der Waals surface area contributed by atoms with Crippen LogP contribution in [-0.4, -0.2) is 79.2 Å². The SMILES string of the molecule is CC(C)=CCC/C(C)=C/CN1C(=O)[C@]2(O[C@H](CCn3cc(C(CO)c4ccccc4)nn3)[C@@H]([Si](C)(C)F)[C@@H]2C)c2cc(N3CCNCC3=O)ccc21. The summed E-state index contributed by atoms with van der Waals surface area (Å²) < 4.78 is 25.3. The maximum absolute atomic E-state index is 16.5. The lowest BCUT2D eigenvalue weighted by molar-refractivity contribution is -0.145. The van der Waals surface area contributed by atoms with E-state index in [-0.39, 0.29) is 30.9 Å². The average molecular weight is 729 g/mol. The second-order valence-electron chi connectivity index (χ2n) is 15.3. The number of aliphatic hydroxyl groups excluding tert-OH is 1. The Morgan fingerprint density at radius 1 is 1.15 bits per heavy atom. The van der Waals surface area contributed by atoms with Crippen LogP contribution < -0.4 is 15.1 Å². The second kappa shape index (κ2) is 15.6. The molecule has 1 unspecified atom stereocenters. The molecule has 52 heavy (non-hydrogen) atoms. The molecule has 1 aromatic heterocycles. The van der Waals surface area contributed by atoms with Crippen molar-refractivity contribution in [2.45, 2.75) is 89.8 Å². The van der Waals surface area contributed by atoms with E-state index in [1.165, 1.54) is 11.1 Å². The summed E-state index contributed by atoms with van der Waals surface area (Å²) in [7, 11) is -3.40. The van der Waals surface area contributed by atoms with Gasteiger partial charge in [0.1, 0.15) is 0 Å². The molecule has 3 aliphatic rings. The van der Waals surface area contributed by atoms with Crippen LogP contribution in [0.5, 0.6) is 0 Å². The predicted octanol–water partition coefficient (Wildman–Crippen LogP) is 6.24. The number of allylic oxidation sites excluding steroid dienone is 3. The fourth-order valence-electron chi connectivity index (χ4n) is 8.37. The van der Waals surface area contributed by atoms with Crippen molar-refractivity contribution in [3.63, 3.8) is 0 Å². The van der Waals surface area contributed by atoms with Gasteiger partial charge in [-0.1, -0.05) is 65.8 Å². The number of nitrogens with zero attached hydrogens (tertiary/aromatic N) is 5. The fourth-order valence-corrected chi connectivity index (χ4v) is 10.9. The number of nitrogens with one attached hydrogen (secondary N) is 1. The number of hydrogen-bond donors (Lipinski definition) is 2. The summed E-state index contributed by atoms with van der Waals surface area (Å²) in [6.45, 7) is 13.7. The van der Waals surface area contributed by atoms with Crippen LogP contribution in [0.25, 0.3) is 0 Å². The Labute approximate surface area is 307 Å². The van der Waals surface area contributed by atoms with Gasteiger partial charge in [-0.05, 0) is 76.9 Å². The van der Waals surface area contributed by atoms with E-state index >= 15 is 4.11 Å². The third kappa shape index (κ3) is 7.44. The first-order valence-corrected chi connectivity index (χ1v) is 21.5. The third-order valence-corrected chi connectivity index (χ3v) is 13.5. The molecule has 10 nitrogen and oxygen atoms in total. The molecule has 1 spiro atoms. The van der Waals surface area contributed by atoms with Gasteiger partial charge in [-0.25, -0.2) is 0 Å². The van der Waals surface area contributed by atoms with Crippen LogP contribution in [0.2, 0.25) is 18.6 Å². The number of piperazine rings is 1. The molecule has 2 aromatic carbocycles. The van der Waals surface area contributed by atoms with Gasteiger partial charge < -0.3 is 29.1 Å². The number of halogens is 1. The number of carbonyl (C=O) groups excluding carboxylic acids is 2. The molecule has 12 heteroatoms. The molecular weight excluding hydrogens is 676 g/mol. The van der Waals surface area contributed by atoms with Gasteiger partial charge in [0.25, 0.3) is 5.91 Å². The maximum atomic E-state index is 16.5. The van der Waals surface area contributed by atoms with Gasteiger partial charge in [-0.15, -0.1) is 5.10 Å². The Bertz CT molecular complexity index is 1820. The quantitative estimate of drug-likeness (QED) is 0.122. The summed E-state index contributed by atoms with van der Waals surface area (Å²) in [5.74, 6) is -0.992. The molecule has 0 radical (unpaired) electrons. The van der Waals surface area contributed by atoms with Crippen molar-refractivity contribution in [1.29, 1.82) is 0 Å². The number of aliphatic hydroxyl groups is 1. The number of fused-ring (bicyclic) bond motifs is 2. The van der Waals surface area contributed by atoms with E-state index in [0.717, 1.165) is 24.1 Å². The maximum Gasteiger partial charge on any atom is 0.264 e. The highest BCUT2D eigenvalue weighted by Gasteiger charge is 2.66. The van der Waals surface area contributed by atoms with Crippen LogP contribution in [0, 0.1) is 5.92 Å². The van der Waals surface area contributed by atoms with Crippen molar-refractivity contribution >= 4 is 31.6 Å². The number of rotatable bonds is 13. The van der Waals surface area contributed by atoms with E-state index in [1.807, 2.05) is 61.7 Å². The Kier molecular flexibility index (Phi) is 11.3. The summed E-state index contributed by atoms with van der Waals surface area (Å²) in [5, 5.41) is 22.1. The molecule has 0 bridgehead atoms. The average Bonchev–Trinajstić information content (AvgIpc) is 3.76. The molecule has 2 amide bonds. The van der Waals surface area contributed by atoms with Crippen LogP contribution in [0.15, 0.2) is 78.0 Å². The smallest absolute Gasteiger partial charge is 0.264 e. The standard InChI is InChI=1S/C40H53FN6O4Si/c1-27(2)11-10-12-28(3)17-21-47-35-16-15-31(46-22-19-42-24-37(46)49)23-33(35)40(39(47)50)29(4)38(52(5,6)41)36(51-40)18-20-45-25-34(43-44-45)32(26-48)30-13-8-7-9-14-30/h7-9,11,13-17,23,25,29,32,36,38,42,48H,10,12,18-22,24,26H2,1-6H3/b28-17+/t29-,32?,36+,38-,40+/m0/s1. The highest BCUT2D eigenvalue weighted by molar-refractivity contribution is 6.72. The minimum absolute atomic E-state index is 0.0345. The first-order chi connectivity index (χ1) is 24.8. The van der Waals surface area contributed by atoms with E-state index in [4.69, 9.17) is 4.74 Å². The number of amides is 2. The molecule has 2 saturated heterocycles. The number of anilines is 2.